The van der Waals surface area contributed by atoms with Gasteiger partial charge in [0, 0.05) is 13.0 Å². The quantitative estimate of drug-likeness (QED) is 0.527. The molecule has 11 nitrogen and oxygen atoms in total. The Morgan fingerprint density at radius 3 is 2.72 bits per heavy atom. The van der Waals surface area contributed by atoms with E-state index in [1.54, 1.807) is 23.9 Å². The number of hydrogen-bond donors (Lipinski definition) is 1. The summed E-state index contributed by atoms with van der Waals surface area (Å²) in [7, 11) is 3.30. The predicted molar refractivity (Wildman–Crippen MR) is 111 cm³/mol. The molecule has 1 aliphatic carbocycles. The molecule has 0 saturated heterocycles. The van der Waals surface area contributed by atoms with Crippen LogP contribution in [0.5, 0.6) is 17.5 Å². The number of nitrogens with zero attached hydrogens (tertiary/aromatic N) is 6. The number of carboxylic acid groups (broad SMARTS) is 1. The average Bonchev–Trinajstić information content (AvgIpc) is 3.12. The molecular weight excluding hydrogens is 416 g/mol. The average molecular weight is 440 g/mol. The SMILES string of the molecule is COc1cc(OCc2c(-c3ccc(OC[C@@H]4CC[C@H]4C(=O)O)c(C)n3)nnn2C)ncn1. The van der Waals surface area contributed by atoms with Crippen molar-refractivity contribution < 1.29 is 24.1 Å². The number of aryl methyl sites for hydroxylation is 2. The van der Waals surface area contributed by atoms with Crippen LogP contribution in [-0.4, -0.2) is 54.7 Å². The lowest BCUT2D eigenvalue weighted by atomic mass is 9.74. The number of carbonyl (C=O) groups is 1. The van der Waals surface area contributed by atoms with Crippen LogP contribution in [0.3, 0.4) is 0 Å². The fraction of sp³-hybridized carbons (Fsp3) is 0.429. The third-order valence-electron chi connectivity index (χ3n) is 5.59. The molecule has 0 spiro atoms. The lowest BCUT2D eigenvalue weighted by molar-refractivity contribution is -0.148. The molecule has 1 saturated carbocycles. The molecule has 0 amide bonds. The van der Waals surface area contributed by atoms with E-state index in [0.717, 1.165) is 12.1 Å². The van der Waals surface area contributed by atoms with Crippen LogP contribution in [0, 0.1) is 18.8 Å². The van der Waals surface area contributed by atoms with Crippen LogP contribution in [0.2, 0.25) is 0 Å². The molecule has 1 aliphatic rings. The number of pyridine rings is 1. The first-order valence-corrected chi connectivity index (χ1v) is 10.2. The first-order valence-electron chi connectivity index (χ1n) is 10.2. The molecule has 0 aromatic carbocycles. The molecule has 4 rings (SSSR count). The van der Waals surface area contributed by atoms with Crippen molar-refractivity contribution in [3.05, 3.63) is 35.9 Å². The third-order valence-corrected chi connectivity index (χ3v) is 5.59. The molecule has 1 fully saturated rings. The summed E-state index contributed by atoms with van der Waals surface area (Å²) in [5.41, 5.74) is 2.63. The molecule has 1 N–H and O–H groups in total. The summed E-state index contributed by atoms with van der Waals surface area (Å²) in [6, 6.07) is 5.22. The van der Waals surface area contributed by atoms with Gasteiger partial charge in [-0.25, -0.2) is 19.6 Å². The van der Waals surface area contributed by atoms with Gasteiger partial charge in [0.1, 0.15) is 30.1 Å². The van der Waals surface area contributed by atoms with Crippen LogP contribution in [0.4, 0.5) is 0 Å². The zero-order valence-electron chi connectivity index (χ0n) is 18.1. The van der Waals surface area contributed by atoms with E-state index in [0.29, 0.717) is 47.6 Å². The fourth-order valence-corrected chi connectivity index (χ4v) is 3.52. The summed E-state index contributed by atoms with van der Waals surface area (Å²) in [6.45, 7) is 2.38. The Morgan fingerprint density at radius 1 is 1.22 bits per heavy atom. The van der Waals surface area contributed by atoms with E-state index < -0.39 is 5.97 Å². The van der Waals surface area contributed by atoms with Crippen LogP contribution in [0.25, 0.3) is 11.4 Å². The largest absolute Gasteiger partial charge is 0.491 e. The van der Waals surface area contributed by atoms with Crippen molar-refractivity contribution in [2.24, 2.45) is 18.9 Å². The first-order chi connectivity index (χ1) is 15.5. The zero-order chi connectivity index (χ0) is 22.7. The van der Waals surface area contributed by atoms with Crippen molar-refractivity contribution in [1.29, 1.82) is 0 Å². The summed E-state index contributed by atoms with van der Waals surface area (Å²) in [5.74, 6) is 0.359. The highest BCUT2D eigenvalue weighted by Crippen LogP contribution is 2.35. The van der Waals surface area contributed by atoms with Gasteiger partial charge in [0.2, 0.25) is 11.8 Å². The molecule has 32 heavy (non-hydrogen) atoms. The van der Waals surface area contributed by atoms with E-state index >= 15 is 0 Å². The number of aliphatic carboxylic acids is 1. The van der Waals surface area contributed by atoms with E-state index in [2.05, 4.69) is 25.3 Å². The number of ether oxygens (including phenoxy) is 3. The van der Waals surface area contributed by atoms with Crippen molar-refractivity contribution in [3.8, 4) is 28.9 Å². The van der Waals surface area contributed by atoms with E-state index in [4.69, 9.17) is 14.2 Å². The molecule has 168 valence electrons. The minimum atomic E-state index is -0.757. The van der Waals surface area contributed by atoms with E-state index in [1.807, 2.05) is 13.0 Å². The summed E-state index contributed by atoms with van der Waals surface area (Å²) >= 11 is 0. The Morgan fingerprint density at radius 2 is 2.03 bits per heavy atom. The molecule has 0 unspecified atom stereocenters. The van der Waals surface area contributed by atoms with E-state index in [1.165, 1.54) is 13.4 Å². The molecule has 0 aliphatic heterocycles. The van der Waals surface area contributed by atoms with Gasteiger partial charge in [-0.05, 0) is 31.9 Å². The number of hydrogen-bond acceptors (Lipinski definition) is 9. The van der Waals surface area contributed by atoms with Crippen LogP contribution in [-0.2, 0) is 18.4 Å². The molecule has 0 bridgehead atoms. The Balaban J connectivity index is 1.45. The lowest BCUT2D eigenvalue weighted by Gasteiger charge is -2.33. The Labute approximate surface area is 184 Å². The highest BCUT2D eigenvalue weighted by molar-refractivity contribution is 5.71. The highest BCUT2D eigenvalue weighted by atomic mass is 16.5. The van der Waals surface area contributed by atoms with Gasteiger partial charge < -0.3 is 19.3 Å². The van der Waals surface area contributed by atoms with Crippen molar-refractivity contribution >= 4 is 5.97 Å². The fourth-order valence-electron chi connectivity index (χ4n) is 3.52. The minimum Gasteiger partial charge on any atom is -0.491 e. The monoisotopic (exact) mass is 440 g/mol. The van der Waals surface area contributed by atoms with Crippen molar-refractivity contribution in [2.45, 2.75) is 26.4 Å². The minimum absolute atomic E-state index is 0.0377. The summed E-state index contributed by atoms with van der Waals surface area (Å²) < 4.78 is 18.3. The maximum absolute atomic E-state index is 11.2. The summed E-state index contributed by atoms with van der Waals surface area (Å²) in [6.07, 6.45) is 2.93. The zero-order valence-corrected chi connectivity index (χ0v) is 18.1. The Kier molecular flexibility index (Phi) is 6.15. The molecule has 3 aromatic rings. The van der Waals surface area contributed by atoms with Crippen LogP contribution >= 0.6 is 0 Å². The summed E-state index contributed by atoms with van der Waals surface area (Å²) in [5, 5.41) is 17.5. The standard InChI is InChI=1S/C21H24N6O5/c1-12-17(31-9-13-4-5-14(13)21(28)29)7-6-15(24-12)20-16(27(2)26-25-20)10-32-19-8-18(30-3)22-11-23-19/h6-8,11,13-14H,4-5,9-10H2,1-3H3,(H,28,29)/t13-,14+/m0/s1. The maximum Gasteiger partial charge on any atom is 0.306 e. The number of rotatable bonds is 9. The van der Waals surface area contributed by atoms with Crippen LogP contribution < -0.4 is 14.2 Å². The molecule has 0 radical (unpaired) electrons. The molecule has 2 atom stereocenters. The number of methoxy groups -OCH3 is 1. The van der Waals surface area contributed by atoms with Gasteiger partial charge in [0.05, 0.1) is 37.1 Å². The van der Waals surface area contributed by atoms with Gasteiger partial charge in [-0.15, -0.1) is 5.10 Å². The molecule has 3 heterocycles. The van der Waals surface area contributed by atoms with E-state index in [9.17, 15) is 9.90 Å². The second kappa shape index (κ2) is 9.16. The Hall–Kier alpha value is -3.76. The van der Waals surface area contributed by atoms with Crippen LogP contribution in [0.1, 0.15) is 24.2 Å². The van der Waals surface area contributed by atoms with Gasteiger partial charge in [-0.2, -0.15) is 0 Å². The highest BCUT2D eigenvalue weighted by Gasteiger charge is 2.37. The number of carboxylic acids is 1. The number of aromatic nitrogens is 6. The van der Waals surface area contributed by atoms with Crippen molar-refractivity contribution in [2.75, 3.05) is 13.7 Å². The molecule has 11 heteroatoms. The molecular formula is C21H24N6O5. The van der Waals surface area contributed by atoms with Crippen LogP contribution in [0.15, 0.2) is 24.5 Å². The second-order valence-electron chi connectivity index (χ2n) is 7.57. The Bertz CT molecular complexity index is 1120. The normalized spacial score (nSPS) is 17.5. The van der Waals surface area contributed by atoms with Crippen molar-refractivity contribution in [1.82, 2.24) is 29.9 Å². The lowest BCUT2D eigenvalue weighted by Crippen LogP contribution is -2.36. The second-order valence-corrected chi connectivity index (χ2v) is 7.57. The van der Waals surface area contributed by atoms with Gasteiger partial charge in [-0.3, -0.25) is 4.79 Å². The predicted octanol–water partition coefficient (Wildman–Crippen LogP) is 2.05. The van der Waals surface area contributed by atoms with Gasteiger partial charge >= 0.3 is 5.97 Å². The van der Waals surface area contributed by atoms with Crippen molar-refractivity contribution in [3.63, 3.8) is 0 Å². The summed E-state index contributed by atoms with van der Waals surface area (Å²) in [4.78, 5) is 23.8. The molecule has 3 aromatic heterocycles. The van der Waals surface area contributed by atoms with Gasteiger partial charge in [0.15, 0.2) is 0 Å². The topological polar surface area (TPSA) is 134 Å². The maximum atomic E-state index is 11.2. The van der Waals surface area contributed by atoms with Gasteiger partial charge in [-0.1, -0.05) is 5.21 Å². The third kappa shape index (κ3) is 4.46. The van der Waals surface area contributed by atoms with Gasteiger partial charge in [0.25, 0.3) is 0 Å². The van der Waals surface area contributed by atoms with E-state index in [-0.39, 0.29) is 18.4 Å². The first kappa shape index (κ1) is 21.5. The smallest absolute Gasteiger partial charge is 0.306 e.